The topological polar surface area (TPSA) is 139 Å². The number of carbonyl (C=O) groups excluding carboxylic acids is 1. The summed E-state index contributed by atoms with van der Waals surface area (Å²) in [6.45, 7) is 10.4. The monoisotopic (exact) mass is 615 g/mol. The first-order valence-corrected chi connectivity index (χ1v) is 15.8. The Kier molecular flexibility index (Phi) is 8.55. The summed E-state index contributed by atoms with van der Waals surface area (Å²) < 4.78 is 36.0. The van der Waals surface area contributed by atoms with Gasteiger partial charge in [0.15, 0.2) is 0 Å². The van der Waals surface area contributed by atoms with Gasteiger partial charge >= 0.3 is 0 Å². The van der Waals surface area contributed by atoms with E-state index in [2.05, 4.69) is 50.7 Å². The molecular weight excluding hydrogens is 578 g/mol. The lowest BCUT2D eigenvalue weighted by Gasteiger charge is -2.35. The van der Waals surface area contributed by atoms with Gasteiger partial charge in [0.2, 0.25) is 11.8 Å². The van der Waals surface area contributed by atoms with Gasteiger partial charge in [-0.3, -0.25) is 4.79 Å². The molecule has 5 rings (SSSR count). The van der Waals surface area contributed by atoms with Crippen molar-refractivity contribution in [3.05, 3.63) is 83.3 Å². The SMILES string of the molecule is CNc1ccnc(CN2C(=O)c3cccc(c3)S(=O)(=O)Nc3nc(cc(-c4c(C)cccc4C)n3)OC[C@H]2CC(C)(C)C)n1. The lowest BCUT2D eigenvalue weighted by atomic mass is 9.87. The van der Waals surface area contributed by atoms with Crippen molar-refractivity contribution in [2.24, 2.45) is 5.41 Å². The number of ether oxygens (including phenoxy) is 1. The summed E-state index contributed by atoms with van der Waals surface area (Å²) in [4.78, 5) is 33.8. The molecular formula is C32H37N7O4S. The first kappa shape index (κ1) is 30.9. The van der Waals surface area contributed by atoms with Crippen molar-refractivity contribution in [2.75, 3.05) is 23.7 Å². The second kappa shape index (κ2) is 12.2. The van der Waals surface area contributed by atoms with Crippen LogP contribution in [0.4, 0.5) is 11.8 Å². The summed E-state index contributed by atoms with van der Waals surface area (Å²) in [6.07, 6.45) is 2.20. The quantitative estimate of drug-likeness (QED) is 0.309. The summed E-state index contributed by atoms with van der Waals surface area (Å²) in [5.74, 6) is 0.731. The van der Waals surface area contributed by atoms with Crippen molar-refractivity contribution in [2.45, 2.75) is 58.5 Å². The zero-order valence-corrected chi connectivity index (χ0v) is 26.6. The Hall–Kier alpha value is -4.58. The van der Waals surface area contributed by atoms with Gasteiger partial charge in [-0.2, -0.15) is 4.98 Å². The molecule has 0 fully saturated rings. The number of aromatic nitrogens is 4. The number of rotatable bonds is 5. The number of hydrogen-bond donors (Lipinski definition) is 2. The highest BCUT2D eigenvalue weighted by Gasteiger charge is 2.32. The molecule has 0 unspecified atom stereocenters. The molecule has 2 aromatic heterocycles. The fourth-order valence-corrected chi connectivity index (χ4v) is 6.30. The summed E-state index contributed by atoms with van der Waals surface area (Å²) in [7, 11) is -2.40. The third-order valence-electron chi connectivity index (χ3n) is 7.30. The number of nitrogens with one attached hydrogen (secondary N) is 2. The van der Waals surface area contributed by atoms with Crippen LogP contribution in [-0.4, -0.2) is 58.9 Å². The predicted octanol–water partition coefficient (Wildman–Crippen LogP) is 5.23. The highest BCUT2D eigenvalue weighted by atomic mass is 32.2. The first-order valence-electron chi connectivity index (χ1n) is 14.3. The van der Waals surface area contributed by atoms with Crippen molar-refractivity contribution in [3.63, 3.8) is 0 Å². The molecule has 0 saturated carbocycles. The van der Waals surface area contributed by atoms with Crippen molar-refractivity contribution in [1.29, 1.82) is 0 Å². The van der Waals surface area contributed by atoms with Crippen LogP contribution < -0.4 is 14.8 Å². The van der Waals surface area contributed by atoms with Gasteiger partial charge in [-0.15, -0.1) is 0 Å². The normalized spacial score (nSPS) is 16.5. The Bertz CT molecular complexity index is 1780. The van der Waals surface area contributed by atoms with E-state index in [0.29, 0.717) is 23.8 Å². The van der Waals surface area contributed by atoms with E-state index in [1.807, 2.05) is 32.0 Å². The number of fused-ring (bicyclic) bond motifs is 4. The minimum Gasteiger partial charge on any atom is -0.475 e. The molecule has 12 heteroatoms. The van der Waals surface area contributed by atoms with Crippen LogP contribution in [0.3, 0.4) is 0 Å². The Labute approximate surface area is 258 Å². The first-order chi connectivity index (χ1) is 20.8. The second-order valence-corrected chi connectivity index (χ2v) is 13.8. The standard InChI is InChI=1S/C32H37N7O4S/c1-20-9-7-10-21(2)29(20)25-16-28-37-31(35-25)38-44(41,42)24-12-8-11-22(15-24)30(40)39(23(19-43-28)17-32(3,4)5)18-27-34-14-13-26(33-6)36-27/h7-16,23H,17-19H2,1-6H3,(H,33,34,36)(H,35,37,38)/t23-/m1/s1. The smallest absolute Gasteiger partial charge is 0.264 e. The van der Waals surface area contributed by atoms with Gasteiger partial charge in [0, 0.05) is 30.4 Å². The van der Waals surface area contributed by atoms with Crippen molar-refractivity contribution in [3.8, 4) is 17.1 Å². The largest absolute Gasteiger partial charge is 0.475 e. The van der Waals surface area contributed by atoms with Crippen LogP contribution in [0.15, 0.2) is 65.7 Å². The Morgan fingerprint density at radius 2 is 1.75 bits per heavy atom. The summed E-state index contributed by atoms with van der Waals surface area (Å²) in [5.41, 5.74) is 3.34. The number of nitrogens with zero attached hydrogens (tertiary/aromatic N) is 5. The number of hydrogen-bond acceptors (Lipinski definition) is 9. The molecule has 4 aromatic rings. The summed E-state index contributed by atoms with van der Waals surface area (Å²) in [6, 6.07) is 14.8. The third kappa shape index (κ3) is 6.96. The number of aryl methyl sites for hydroxylation is 2. The lowest BCUT2D eigenvalue weighted by molar-refractivity contribution is 0.0505. The average molecular weight is 616 g/mol. The highest BCUT2D eigenvalue weighted by Crippen LogP contribution is 2.31. The molecule has 1 atom stereocenters. The van der Waals surface area contributed by atoms with Crippen LogP contribution in [0.25, 0.3) is 11.3 Å². The van der Waals surface area contributed by atoms with E-state index in [9.17, 15) is 13.2 Å². The molecule has 3 heterocycles. The second-order valence-electron chi connectivity index (χ2n) is 12.1. The highest BCUT2D eigenvalue weighted by molar-refractivity contribution is 7.92. The van der Waals surface area contributed by atoms with Gasteiger partial charge in [-0.25, -0.2) is 28.1 Å². The van der Waals surface area contributed by atoms with Crippen molar-refractivity contribution in [1.82, 2.24) is 24.8 Å². The number of amides is 1. The zero-order chi connectivity index (χ0) is 31.6. The van der Waals surface area contributed by atoms with E-state index >= 15 is 0 Å². The Morgan fingerprint density at radius 1 is 1.02 bits per heavy atom. The van der Waals surface area contributed by atoms with Crippen molar-refractivity contribution >= 4 is 27.7 Å². The van der Waals surface area contributed by atoms with E-state index in [1.54, 1.807) is 42.4 Å². The summed E-state index contributed by atoms with van der Waals surface area (Å²) >= 11 is 0. The maximum absolute atomic E-state index is 14.2. The molecule has 230 valence electrons. The lowest BCUT2D eigenvalue weighted by Crippen LogP contribution is -2.45. The van der Waals surface area contributed by atoms with E-state index in [0.717, 1.165) is 16.7 Å². The zero-order valence-electron chi connectivity index (χ0n) is 25.7. The van der Waals surface area contributed by atoms with Crippen LogP contribution in [0.5, 0.6) is 5.88 Å². The molecule has 1 aliphatic rings. The molecule has 1 aliphatic heterocycles. The van der Waals surface area contributed by atoms with Crippen molar-refractivity contribution < 1.29 is 17.9 Å². The number of sulfonamides is 1. The molecule has 0 aliphatic carbocycles. The minimum absolute atomic E-state index is 0.0797. The number of benzene rings is 2. The van der Waals surface area contributed by atoms with Crippen LogP contribution >= 0.6 is 0 Å². The van der Waals surface area contributed by atoms with Gasteiger partial charge in [0.05, 0.1) is 23.2 Å². The minimum atomic E-state index is -4.16. The molecule has 11 nitrogen and oxygen atoms in total. The van der Waals surface area contributed by atoms with Gasteiger partial charge in [-0.05, 0) is 61.1 Å². The fraction of sp³-hybridized carbons (Fsp3) is 0.344. The van der Waals surface area contributed by atoms with E-state index in [4.69, 9.17) is 4.74 Å². The Morgan fingerprint density at radius 3 is 2.45 bits per heavy atom. The van der Waals surface area contributed by atoms with Gasteiger partial charge in [-0.1, -0.05) is 45.0 Å². The maximum Gasteiger partial charge on any atom is 0.264 e. The molecule has 2 aromatic carbocycles. The van der Waals surface area contributed by atoms with Crippen LogP contribution in [-0.2, 0) is 16.6 Å². The van der Waals surface area contributed by atoms with E-state index in [-0.39, 0.29) is 46.8 Å². The fourth-order valence-electron chi connectivity index (χ4n) is 5.31. The van der Waals surface area contributed by atoms with Crippen LogP contribution in [0, 0.1) is 19.3 Å². The van der Waals surface area contributed by atoms with E-state index < -0.39 is 16.1 Å². The summed E-state index contributed by atoms with van der Waals surface area (Å²) in [5, 5.41) is 3.01. The number of carbonyl (C=O) groups is 1. The van der Waals surface area contributed by atoms with E-state index in [1.165, 1.54) is 12.1 Å². The molecule has 0 saturated heterocycles. The molecule has 4 bridgehead atoms. The van der Waals surface area contributed by atoms with Crippen LogP contribution in [0.1, 0.15) is 54.5 Å². The molecule has 1 amide bonds. The van der Waals surface area contributed by atoms with Gasteiger partial charge in [0.1, 0.15) is 18.2 Å². The molecule has 44 heavy (non-hydrogen) atoms. The van der Waals surface area contributed by atoms with Gasteiger partial charge in [0.25, 0.3) is 15.9 Å². The predicted molar refractivity (Wildman–Crippen MR) is 169 cm³/mol. The Balaban J connectivity index is 1.68. The average Bonchev–Trinajstić information content (AvgIpc) is 2.97. The van der Waals surface area contributed by atoms with Crippen LogP contribution in [0.2, 0.25) is 0 Å². The third-order valence-corrected chi connectivity index (χ3v) is 8.63. The van der Waals surface area contributed by atoms with Gasteiger partial charge < -0.3 is 15.0 Å². The molecule has 2 N–H and O–H groups in total. The molecule has 0 radical (unpaired) electrons. The molecule has 0 spiro atoms. The maximum atomic E-state index is 14.2. The number of anilines is 2.